The summed E-state index contributed by atoms with van der Waals surface area (Å²) in [7, 11) is 1.96. The van der Waals surface area contributed by atoms with Gasteiger partial charge in [0.15, 0.2) is 0 Å². The first-order valence-corrected chi connectivity index (χ1v) is 8.86. The molecule has 0 fully saturated rings. The second-order valence-corrected chi connectivity index (χ2v) is 6.69. The first kappa shape index (κ1) is 17.2. The molecule has 5 nitrogen and oxygen atoms in total. The standard InChI is InChI=1S/C21H17ClN4O/c1-13-24-19-12-15(7-9-20(19)26(13)2)25-21(27)16-11-14(6-8-17(16)22)18-5-3-4-10-23-18/h3-12H,1-2H3,(H,25,27). The number of aromatic nitrogens is 3. The van der Waals surface area contributed by atoms with Crippen molar-refractivity contribution in [2.45, 2.75) is 6.92 Å². The fraction of sp³-hybridized carbons (Fsp3) is 0.0952. The number of hydrogen-bond donors (Lipinski definition) is 1. The highest BCUT2D eigenvalue weighted by molar-refractivity contribution is 6.34. The van der Waals surface area contributed by atoms with Gasteiger partial charge in [0, 0.05) is 24.5 Å². The molecule has 0 saturated carbocycles. The van der Waals surface area contributed by atoms with Gasteiger partial charge in [-0.05, 0) is 49.4 Å². The van der Waals surface area contributed by atoms with E-state index < -0.39 is 0 Å². The van der Waals surface area contributed by atoms with Crippen LogP contribution in [0.3, 0.4) is 0 Å². The molecule has 1 amide bonds. The molecule has 2 aromatic carbocycles. The molecular weight excluding hydrogens is 360 g/mol. The van der Waals surface area contributed by atoms with E-state index in [0.29, 0.717) is 16.3 Å². The second kappa shape index (κ2) is 6.85. The highest BCUT2D eigenvalue weighted by atomic mass is 35.5. The van der Waals surface area contributed by atoms with Crippen LogP contribution in [0.4, 0.5) is 5.69 Å². The van der Waals surface area contributed by atoms with E-state index in [2.05, 4.69) is 15.3 Å². The van der Waals surface area contributed by atoms with Crippen LogP contribution in [0.15, 0.2) is 60.8 Å². The molecule has 2 aromatic heterocycles. The van der Waals surface area contributed by atoms with Gasteiger partial charge in [-0.25, -0.2) is 4.98 Å². The van der Waals surface area contributed by atoms with Gasteiger partial charge >= 0.3 is 0 Å². The predicted octanol–water partition coefficient (Wildman–Crippen LogP) is 4.85. The zero-order valence-electron chi connectivity index (χ0n) is 14.9. The summed E-state index contributed by atoms with van der Waals surface area (Å²) in [5.74, 6) is 0.643. The minimum absolute atomic E-state index is 0.273. The maximum Gasteiger partial charge on any atom is 0.257 e. The monoisotopic (exact) mass is 376 g/mol. The summed E-state index contributed by atoms with van der Waals surface area (Å²) in [4.78, 5) is 21.6. The molecule has 4 rings (SSSR count). The third kappa shape index (κ3) is 3.29. The molecule has 6 heteroatoms. The minimum atomic E-state index is -0.273. The molecule has 0 bridgehead atoms. The number of fused-ring (bicyclic) bond motifs is 1. The third-order valence-corrected chi connectivity index (χ3v) is 4.86. The number of halogens is 1. The van der Waals surface area contributed by atoms with E-state index in [1.807, 2.05) is 61.0 Å². The fourth-order valence-electron chi connectivity index (χ4n) is 2.99. The van der Waals surface area contributed by atoms with Crippen molar-refractivity contribution in [3.63, 3.8) is 0 Å². The lowest BCUT2D eigenvalue weighted by Crippen LogP contribution is -2.12. The summed E-state index contributed by atoms with van der Waals surface area (Å²) < 4.78 is 2.01. The Bertz CT molecular complexity index is 1150. The Morgan fingerprint density at radius 3 is 2.74 bits per heavy atom. The molecule has 1 N–H and O–H groups in total. The Hall–Kier alpha value is -3.18. The SMILES string of the molecule is Cc1nc2cc(NC(=O)c3cc(-c4ccccn4)ccc3Cl)ccc2n1C. The third-order valence-electron chi connectivity index (χ3n) is 4.53. The summed E-state index contributed by atoms with van der Waals surface area (Å²) in [6.45, 7) is 1.95. The van der Waals surface area contributed by atoms with Gasteiger partial charge in [0.1, 0.15) is 5.82 Å². The molecule has 0 unspecified atom stereocenters. The number of anilines is 1. The van der Waals surface area contributed by atoms with Crippen LogP contribution in [0.2, 0.25) is 5.02 Å². The zero-order chi connectivity index (χ0) is 19.0. The lowest BCUT2D eigenvalue weighted by Gasteiger charge is -2.09. The Balaban J connectivity index is 1.65. The van der Waals surface area contributed by atoms with Gasteiger partial charge in [-0.15, -0.1) is 0 Å². The van der Waals surface area contributed by atoms with Crippen LogP contribution in [0, 0.1) is 6.92 Å². The van der Waals surface area contributed by atoms with Gasteiger partial charge in [-0.3, -0.25) is 9.78 Å². The van der Waals surface area contributed by atoms with E-state index in [9.17, 15) is 4.79 Å². The number of rotatable bonds is 3. The van der Waals surface area contributed by atoms with Gasteiger partial charge in [0.05, 0.1) is 27.3 Å². The molecule has 4 aromatic rings. The van der Waals surface area contributed by atoms with Crippen LogP contribution in [-0.4, -0.2) is 20.4 Å². The number of carbonyl (C=O) groups excluding carboxylic acids is 1. The number of nitrogens with zero attached hydrogens (tertiary/aromatic N) is 3. The van der Waals surface area contributed by atoms with Crippen LogP contribution in [0.5, 0.6) is 0 Å². The van der Waals surface area contributed by atoms with Crippen molar-refractivity contribution in [1.82, 2.24) is 14.5 Å². The van der Waals surface area contributed by atoms with Gasteiger partial charge in [0.2, 0.25) is 0 Å². The van der Waals surface area contributed by atoms with Crippen LogP contribution in [0.1, 0.15) is 16.2 Å². The molecule has 0 aliphatic rings. The molecule has 0 spiro atoms. The predicted molar refractivity (Wildman–Crippen MR) is 108 cm³/mol. The van der Waals surface area contributed by atoms with Crippen LogP contribution >= 0.6 is 11.6 Å². The highest BCUT2D eigenvalue weighted by Crippen LogP contribution is 2.25. The summed E-state index contributed by atoms with van der Waals surface area (Å²) >= 11 is 6.27. The molecule has 27 heavy (non-hydrogen) atoms. The Morgan fingerprint density at radius 2 is 1.96 bits per heavy atom. The summed E-state index contributed by atoms with van der Waals surface area (Å²) in [6.07, 6.45) is 1.72. The number of aryl methyl sites for hydroxylation is 2. The van der Waals surface area contributed by atoms with Crippen molar-refractivity contribution in [1.29, 1.82) is 0 Å². The van der Waals surface area contributed by atoms with Crippen LogP contribution in [0.25, 0.3) is 22.3 Å². The highest BCUT2D eigenvalue weighted by Gasteiger charge is 2.14. The number of amides is 1. The number of benzene rings is 2. The van der Waals surface area contributed by atoms with Gasteiger partial charge in [-0.2, -0.15) is 0 Å². The van der Waals surface area contributed by atoms with E-state index in [-0.39, 0.29) is 5.91 Å². The maximum absolute atomic E-state index is 12.8. The topological polar surface area (TPSA) is 59.8 Å². The summed E-state index contributed by atoms with van der Waals surface area (Å²) in [5.41, 5.74) is 4.54. The number of hydrogen-bond acceptors (Lipinski definition) is 3. The number of pyridine rings is 1. The van der Waals surface area contributed by atoms with Crippen molar-refractivity contribution < 1.29 is 4.79 Å². The average molecular weight is 377 g/mol. The number of imidazole rings is 1. The van der Waals surface area contributed by atoms with E-state index in [1.165, 1.54) is 0 Å². The molecule has 0 aliphatic carbocycles. The van der Waals surface area contributed by atoms with Crippen molar-refractivity contribution in [3.8, 4) is 11.3 Å². The minimum Gasteiger partial charge on any atom is -0.331 e. The average Bonchev–Trinajstić information content (AvgIpc) is 2.96. The normalized spacial score (nSPS) is 10.9. The number of nitrogens with one attached hydrogen (secondary N) is 1. The summed E-state index contributed by atoms with van der Waals surface area (Å²) in [6, 6.07) is 16.6. The van der Waals surface area contributed by atoms with E-state index in [0.717, 1.165) is 28.1 Å². The van der Waals surface area contributed by atoms with E-state index in [4.69, 9.17) is 11.6 Å². The number of carbonyl (C=O) groups is 1. The Labute approximate surface area is 161 Å². The smallest absolute Gasteiger partial charge is 0.257 e. The van der Waals surface area contributed by atoms with E-state index >= 15 is 0 Å². The van der Waals surface area contributed by atoms with Gasteiger partial charge in [0.25, 0.3) is 5.91 Å². The summed E-state index contributed by atoms with van der Waals surface area (Å²) in [5, 5.41) is 3.30. The lowest BCUT2D eigenvalue weighted by molar-refractivity contribution is 0.102. The largest absolute Gasteiger partial charge is 0.331 e. The zero-order valence-corrected chi connectivity index (χ0v) is 15.7. The molecule has 134 valence electrons. The van der Waals surface area contributed by atoms with Crippen molar-refractivity contribution in [3.05, 3.63) is 77.2 Å². The molecule has 0 radical (unpaired) electrons. The molecular formula is C21H17ClN4O. The van der Waals surface area contributed by atoms with Crippen LogP contribution < -0.4 is 5.32 Å². The fourth-order valence-corrected chi connectivity index (χ4v) is 3.19. The van der Waals surface area contributed by atoms with Crippen molar-refractivity contribution >= 4 is 34.2 Å². The van der Waals surface area contributed by atoms with Crippen LogP contribution in [-0.2, 0) is 7.05 Å². The van der Waals surface area contributed by atoms with Gasteiger partial charge < -0.3 is 9.88 Å². The maximum atomic E-state index is 12.8. The Morgan fingerprint density at radius 1 is 1.11 bits per heavy atom. The molecule has 0 aliphatic heterocycles. The molecule has 0 atom stereocenters. The quantitative estimate of drug-likeness (QED) is 0.556. The van der Waals surface area contributed by atoms with E-state index in [1.54, 1.807) is 18.3 Å². The molecule has 2 heterocycles. The van der Waals surface area contributed by atoms with Gasteiger partial charge in [-0.1, -0.05) is 23.7 Å². The molecule has 0 saturated heterocycles. The second-order valence-electron chi connectivity index (χ2n) is 6.29. The first-order chi connectivity index (χ1) is 13.0. The Kier molecular flexibility index (Phi) is 4.38. The van der Waals surface area contributed by atoms with Crippen molar-refractivity contribution in [2.75, 3.05) is 5.32 Å². The first-order valence-electron chi connectivity index (χ1n) is 8.48. The van der Waals surface area contributed by atoms with Crippen molar-refractivity contribution in [2.24, 2.45) is 7.05 Å². The lowest BCUT2D eigenvalue weighted by atomic mass is 10.1.